The first-order valence-electron chi connectivity index (χ1n) is 8.72. The molecule has 0 radical (unpaired) electrons. The molecule has 2 aromatic heterocycles. The molecule has 0 amide bonds. The molecule has 27 heavy (non-hydrogen) atoms. The van der Waals surface area contributed by atoms with Crippen molar-refractivity contribution in [2.24, 2.45) is 0 Å². The van der Waals surface area contributed by atoms with E-state index in [1.165, 1.54) is 17.8 Å². The molecule has 3 heterocycles. The summed E-state index contributed by atoms with van der Waals surface area (Å²) in [5, 5.41) is 12.3. The summed E-state index contributed by atoms with van der Waals surface area (Å²) in [6.45, 7) is 1.43. The van der Waals surface area contributed by atoms with Crippen LogP contribution < -0.4 is 0 Å². The van der Waals surface area contributed by atoms with Gasteiger partial charge in [0.2, 0.25) is 0 Å². The van der Waals surface area contributed by atoms with E-state index >= 15 is 0 Å². The van der Waals surface area contributed by atoms with Gasteiger partial charge in [-0.3, -0.25) is 10.1 Å². The van der Waals surface area contributed by atoms with Crippen molar-refractivity contribution in [2.45, 2.75) is 35.7 Å². The van der Waals surface area contributed by atoms with Gasteiger partial charge in [-0.2, -0.15) is 0 Å². The molecule has 1 aromatic carbocycles. The Morgan fingerprint density at radius 3 is 2.81 bits per heavy atom. The van der Waals surface area contributed by atoms with Crippen LogP contribution in [0.2, 0.25) is 0 Å². The second-order valence-corrected chi connectivity index (χ2v) is 7.18. The highest BCUT2D eigenvalue weighted by molar-refractivity contribution is 7.99. The zero-order chi connectivity index (χ0) is 18.6. The van der Waals surface area contributed by atoms with E-state index < -0.39 is 4.92 Å². The van der Waals surface area contributed by atoms with Crippen LogP contribution >= 0.6 is 11.8 Å². The molecule has 3 aromatic rings. The normalized spacial score (nSPS) is 16.5. The summed E-state index contributed by atoms with van der Waals surface area (Å²) >= 11 is 1.21. The standard InChI is InChI=1S/C19H18N4O3S/c24-23(25)16-9-4-10-20-18(16)27-19-21-12-17(14-6-2-1-3-7-14)22(19)13-15-8-5-11-26-15/h1-4,6-7,9-10,12,15H,5,8,11,13H2. The van der Waals surface area contributed by atoms with Crippen molar-refractivity contribution >= 4 is 17.4 Å². The molecule has 1 unspecified atom stereocenters. The molecule has 0 aliphatic carbocycles. The average Bonchev–Trinajstić information content (AvgIpc) is 3.34. The summed E-state index contributed by atoms with van der Waals surface area (Å²) in [6.07, 6.45) is 5.54. The molecule has 7 nitrogen and oxygen atoms in total. The number of rotatable bonds is 6. The highest BCUT2D eigenvalue weighted by Crippen LogP contribution is 2.35. The van der Waals surface area contributed by atoms with E-state index in [4.69, 9.17) is 4.74 Å². The highest BCUT2D eigenvalue weighted by Gasteiger charge is 2.23. The lowest BCUT2D eigenvalue weighted by molar-refractivity contribution is -0.388. The van der Waals surface area contributed by atoms with Gasteiger partial charge in [0.05, 0.1) is 29.5 Å². The number of ether oxygens (including phenoxy) is 1. The van der Waals surface area contributed by atoms with Crippen molar-refractivity contribution in [3.8, 4) is 11.3 Å². The highest BCUT2D eigenvalue weighted by atomic mass is 32.2. The Morgan fingerprint density at radius 1 is 1.22 bits per heavy atom. The Hall–Kier alpha value is -2.71. The van der Waals surface area contributed by atoms with Gasteiger partial charge < -0.3 is 9.30 Å². The smallest absolute Gasteiger partial charge is 0.301 e. The Kier molecular flexibility index (Phi) is 5.17. The van der Waals surface area contributed by atoms with Gasteiger partial charge in [-0.25, -0.2) is 9.97 Å². The molecule has 1 atom stereocenters. The predicted molar refractivity (Wildman–Crippen MR) is 102 cm³/mol. The van der Waals surface area contributed by atoms with E-state index in [9.17, 15) is 10.1 Å². The Labute approximate surface area is 160 Å². The zero-order valence-electron chi connectivity index (χ0n) is 14.5. The number of hydrogen-bond acceptors (Lipinski definition) is 6. The summed E-state index contributed by atoms with van der Waals surface area (Å²) in [7, 11) is 0. The van der Waals surface area contributed by atoms with Gasteiger partial charge in [0.15, 0.2) is 10.2 Å². The number of nitro groups is 1. The van der Waals surface area contributed by atoms with E-state index in [-0.39, 0.29) is 11.8 Å². The second-order valence-electron chi connectivity index (χ2n) is 6.22. The lowest BCUT2D eigenvalue weighted by atomic mass is 10.1. The van der Waals surface area contributed by atoms with E-state index in [0.29, 0.717) is 16.7 Å². The number of imidazole rings is 1. The van der Waals surface area contributed by atoms with Gasteiger partial charge in [0.25, 0.3) is 0 Å². The fourth-order valence-corrected chi connectivity index (χ4v) is 4.06. The van der Waals surface area contributed by atoms with E-state index in [0.717, 1.165) is 30.7 Å². The summed E-state index contributed by atoms with van der Waals surface area (Å²) in [6, 6.07) is 13.0. The largest absolute Gasteiger partial charge is 0.376 e. The van der Waals surface area contributed by atoms with Crippen molar-refractivity contribution in [3.05, 3.63) is 65.0 Å². The monoisotopic (exact) mass is 382 g/mol. The SMILES string of the molecule is O=[N+]([O-])c1cccnc1Sc1ncc(-c2ccccc2)n1CC1CCCO1. The van der Waals surface area contributed by atoms with Crippen molar-refractivity contribution in [1.82, 2.24) is 14.5 Å². The molecule has 4 rings (SSSR count). The fraction of sp³-hybridized carbons (Fsp3) is 0.263. The molecule has 1 fully saturated rings. The van der Waals surface area contributed by atoms with Crippen LogP contribution in [-0.2, 0) is 11.3 Å². The van der Waals surface area contributed by atoms with Crippen molar-refractivity contribution in [3.63, 3.8) is 0 Å². The summed E-state index contributed by atoms with van der Waals surface area (Å²) < 4.78 is 7.88. The van der Waals surface area contributed by atoms with Crippen LogP contribution in [0.3, 0.4) is 0 Å². The average molecular weight is 382 g/mol. The lowest BCUT2D eigenvalue weighted by Gasteiger charge is -2.16. The molecule has 8 heteroatoms. The lowest BCUT2D eigenvalue weighted by Crippen LogP contribution is -2.16. The van der Waals surface area contributed by atoms with Crippen LogP contribution in [0.4, 0.5) is 5.69 Å². The quantitative estimate of drug-likeness (QED) is 0.470. The van der Waals surface area contributed by atoms with Gasteiger partial charge in [0.1, 0.15) is 0 Å². The maximum Gasteiger partial charge on any atom is 0.301 e. The maximum atomic E-state index is 11.3. The molecule has 1 saturated heterocycles. The van der Waals surface area contributed by atoms with Crippen LogP contribution in [-0.4, -0.2) is 32.2 Å². The molecule has 0 bridgehead atoms. The van der Waals surface area contributed by atoms with Gasteiger partial charge in [0, 0.05) is 18.9 Å². The number of pyridine rings is 1. The number of nitrogens with zero attached hydrogens (tertiary/aromatic N) is 4. The zero-order valence-corrected chi connectivity index (χ0v) is 15.3. The van der Waals surface area contributed by atoms with Crippen molar-refractivity contribution < 1.29 is 9.66 Å². The Bertz CT molecular complexity index is 939. The number of benzene rings is 1. The van der Waals surface area contributed by atoms with Crippen LogP contribution in [0.15, 0.2) is 65.0 Å². The minimum atomic E-state index is -0.416. The van der Waals surface area contributed by atoms with Gasteiger partial charge in [-0.05, 0) is 36.2 Å². The third kappa shape index (κ3) is 3.86. The topological polar surface area (TPSA) is 83.1 Å². The summed E-state index contributed by atoms with van der Waals surface area (Å²) in [4.78, 5) is 19.6. The van der Waals surface area contributed by atoms with Crippen LogP contribution in [0.5, 0.6) is 0 Å². The Morgan fingerprint density at radius 2 is 2.07 bits per heavy atom. The number of hydrogen-bond donors (Lipinski definition) is 0. The predicted octanol–water partition coefficient (Wildman–Crippen LogP) is 4.18. The molecule has 0 saturated carbocycles. The maximum absolute atomic E-state index is 11.3. The van der Waals surface area contributed by atoms with Gasteiger partial charge >= 0.3 is 5.69 Å². The first-order valence-corrected chi connectivity index (χ1v) is 9.54. The van der Waals surface area contributed by atoms with E-state index in [1.54, 1.807) is 18.5 Å². The van der Waals surface area contributed by atoms with Crippen molar-refractivity contribution in [1.29, 1.82) is 0 Å². The molecular weight excluding hydrogens is 364 g/mol. The Balaban J connectivity index is 1.72. The van der Waals surface area contributed by atoms with Crippen molar-refractivity contribution in [2.75, 3.05) is 6.61 Å². The van der Waals surface area contributed by atoms with E-state index in [2.05, 4.69) is 14.5 Å². The number of aromatic nitrogens is 3. The molecule has 138 valence electrons. The molecule has 0 N–H and O–H groups in total. The first kappa shape index (κ1) is 17.7. The molecular formula is C19H18N4O3S. The summed E-state index contributed by atoms with van der Waals surface area (Å²) in [5.74, 6) is 0. The van der Waals surface area contributed by atoms with Crippen LogP contribution in [0, 0.1) is 10.1 Å². The van der Waals surface area contributed by atoms with Gasteiger partial charge in [-0.15, -0.1) is 0 Å². The second kappa shape index (κ2) is 7.89. The molecule has 0 spiro atoms. The van der Waals surface area contributed by atoms with Crippen LogP contribution in [0.1, 0.15) is 12.8 Å². The molecule has 1 aliphatic rings. The van der Waals surface area contributed by atoms with E-state index in [1.807, 2.05) is 30.3 Å². The third-order valence-electron chi connectivity index (χ3n) is 4.43. The van der Waals surface area contributed by atoms with Crippen LogP contribution in [0.25, 0.3) is 11.3 Å². The van der Waals surface area contributed by atoms with Gasteiger partial charge in [-0.1, -0.05) is 30.3 Å². The summed E-state index contributed by atoms with van der Waals surface area (Å²) in [5.41, 5.74) is 1.99. The third-order valence-corrected chi connectivity index (χ3v) is 5.45. The minimum absolute atomic E-state index is 0.0181. The fourth-order valence-electron chi connectivity index (χ4n) is 3.13. The first-order chi connectivity index (χ1) is 13.2. The minimum Gasteiger partial charge on any atom is -0.376 e. The molecule has 1 aliphatic heterocycles.